The van der Waals surface area contributed by atoms with Crippen LogP contribution >= 0.6 is 0 Å². The van der Waals surface area contributed by atoms with Gasteiger partial charge in [0.15, 0.2) is 5.65 Å². The molecule has 0 amide bonds. The van der Waals surface area contributed by atoms with Crippen molar-refractivity contribution in [1.82, 2.24) is 19.9 Å². The van der Waals surface area contributed by atoms with Crippen molar-refractivity contribution in [2.75, 3.05) is 5.73 Å². The Morgan fingerprint density at radius 2 is 1.95 bits per heavy atom. The monoisotopic (exact) mass is 261 g/mol. The first-order valence-electron chi connectivity index (χ1n) is 5.32. The number of halogens is 1. The Hall–Kier alpha value is -2.90. The van der Waals surface area contributed by atoms with Crippen molar-refractivity contribution < 1.29 is 4.39 Å². The summed E-state index contributed by atoms with van der Waals surface area (Å²) in [6.45, 7) is 0. The Labute approximate surface area is 104 Å². The van der Waals surface area contributed by atoms with Crippen LogP contribution < -0.4 is 17.0 Å². The average Bonchev–Trinajstić information content (AvgIpc) is 2.76. The van der Waals surface area contributed by atoms with Gasteiger partial charge in [-0.2, -0.15) is 0 Å². The smallest absolute Gasteiger partial charge is 0.327 e. The number of imidazole rings is 1. The molecule has 0 fully saturated rings. The molecule has 3 rings (SSSR count). The highest BCUT2D eigenvalue weighted by Crippen LogP contribution is 2.24. The van der Waals surface area contributed by atoms with Gasteiger partial charge in [0.1, 0.15) is 17.2 Å². The second kappa shape index (κ2) is 3.80. The number of H-pyrrole nitrogens is 3. The summed E-state index contributed by atoms with van der Waals surface area (Å²) in [6.07, 6.45) is 0. The number of fused-ring (bicyclic) bond motifs is 1. The van der Waals surface area contributed by atoms with Crippen LogP contribution in [0.5, 0.6) is 0 Å². The van der Waals surface area contributed by atoms with E-state index in [0.717, 1.165) is 0 Å². The number of nitrogen functional groups attached to an aromatic ring is 1. The van der Waals surface area contributed by atoms with Gasteiger partial charge >= 0.3 is 5.69 Å². The van der Waals surface area contributed by atoms with Crippen LogP contribution in [0.25, 0.3) is 22.6 Å². The van der Waals surface area contributed by atoms with E-state index in [0.29, 0.717) is 11.3 Å². The Balaban J connectivity index is 2.32. The lowest BCUT2D eigenvalue weighted by atomic mass is 10.1. The summed E-state index contributed by atoms with van der Waals surface area (Å²) in [5.74, 6) is -0.272. The van der Waals surface area contributed by atoms with Gasteiger partial charge in [-0.1, -0.05) is 0 Å². The second-order valence-electron chi connectivity index (χ2n) is 3.95. The summed E-state index contributed by atoms with van der Waals surface area (Å²) in [6, 6.07) is 3.81. The van der Waals surface area contributed by atoms with E-state index in [4.69, 9.17) is 5.73 Å². The molecule has 0 aliphatic heterocycles. The molecule has 0 bridgehead atoms. The minimum absolute atomic E-state index is 0.0902. The SMILES string of the molecule is Nc1ccc(F)cc1-c1nc2[nH]c(=O)[nH]c(=O)c2[nH]1. The molecule has 0 aliphatic carbocycles. The maximum absolute atomic E-state index is 13.2. The van der Waals surface area contributed by atoms with E-state index in [2.05, 4.69) is 19.9 Å². The van der Waals surface area contributed by atoms with Gasteiger partial charge < -0.3 is 10.7 Å². The second-order valence-corrected chi connectivity index (χ2v) is 3.95. The van der Waals surface area contributed by atoms with Gasteiger partial charge in [-0.3, -0.25) is 14.8 Å². The van der Waals surface area contributed by atoms with Crippen molar-refractivity contribution >= 4 is 16.9 Å². The van der Waals surface area contributed by atoms with E-state index in [-0.39, 0.29) is 17.0 Å². The highest BCUT2D eigenvalue weighted by Gasteiger charge is 2.12. The molecule has 3 aromatic rings. The van der Waals surface area contributed by atoms with Crippen LogP contribution in [0, 0.1) is 5.82 Å². The van der Waals surface area contributed by atoms with Crippen molar-refractivity contribution in [2.45, 2.75) is 0 Å². The van der Waals surface area contributed by atoms with Crippen LogP contribution in [-0.4, -0.2) is 19.9 Å². The molecule has 0 saturated heterocycles. The van der Waals surface area contributed by atoms with Crippen LogP contribution in [0.3, 0.4) is 0 Å². The van der Waals surface area contributed by atoms with Crippen LogP contribution in [0.15, 0.2) is 27.8 Å². The molecule has 0 radical (unpaired) electrons. The normalized spacial score (nSPS) is 11.0. The molecule has 0 saturated carbocycles. The number of nitrogens with zero attached hydrogens (tertiary/aromatic N) is 1. The molecule has 8 heteroatoms. The summed E-state index contributed by atoms with van der Waals surface area (Å²) in [5.41, 5.74) is 5.27. The maximum atomic E-state index is 13.2. The van der Waals surface area contributed by atoms with Crippen LogP contribution in [-0.2, 0) is 0 Å². The molecule has 2 aromatic heterocycles. The topological polar surface area (TPSA) is 120 Å². The Kier molecular flexibility index (Phi) is 2.24. The molecule has 7 nitrogen and oxygen atoms in total. The van der Waals surface area contributed by atoms with Crippen LogP contribution in [0.4, 0.5) is 10.1 Å². The lowest BCUT2D eigenvalue weighted by Gasteiger charge is -2.01. The van der Waals surface area contributed by atoms with Gasteiger partial charge in [0.05, 0.1) is 0 Å². The lowest BCUT2D eigenvalue weighted by Crippen LogP contribution is -2.21. The van der Waals surface area contributed by atoms with Gasteiger partial charge in [-0.25, -0.2) is 14.2 Å². The zero-order valence-electron chi connectivity index (χ0n) is 9.45. The number of anilines is 1. The summed E-state index contributed by atoms with van der Waals surface area (Å²) in [4.78, 5) is 33.8. The summed E-state index contributed by atoms with van der Waals surface area (Å²) >= 11 is 0. The fraction of sp³-hybridized carbons (Fsp3) is 0. The number of hydrogen-bond donors (Lipinski definition) is 4. The van der Waals surface area contributed by atoms with Gasteiger partial charge in [0.2, 0.25) is 0 Å². The number of hydrogen-bond acceptors (Lipinski definition) is 4. The zero-order valence-corrected chi connectivity index (χ0v) is 9.45. The first-order valence-corrected chi connectivity index (χ1v) is 5.32. The zero-order chi connectivity index (χ0) is 13.6. The molecule has 5 N–H and O–H groups in total. The van der Waals surface area contributed by atoms with Gasteiger partial charge in [0, 0.05) is 11.3 Å². The summed E-state index contributed by atoms with van der Waals surface area (Å²) in [5, 5.41) is 0. The molecule has 19 heavy (non-hydrogen) atoms. The van der Waals surface area contributed by atoms with Crippen molar-refractivity contribution in [3.8, 4) is 11.4 Å². The van der Waals surface area contributed by atoms with Crippen LogP contribution in [0.1, 0.15) is 0 Å². The Bertz CT molecular complexity index is 892. The molecule has 2 heterocycles. The fourth-order valence-corrected chi connectivity index (χ4v) is 1.79. The maximum Gasteiger partial charge on any atom is 0.327 e. The number of rotatable bonds is 1. The molecule has 96 valence electrons. The van der Waals surface area contributed by atoms with E-state index in [1.807, 2.05) is 0 Å². The highest BCUT2D eigenvalue weighted by atomic mass is 19.1. The quantitative estimate of drug-likeness (QED) is 0.471. The molecular formula is C11H8FN5O2. The first kappa shape index (κ1) is 11.2. The number of aromatic nitrogens is 4. The average molecular weight is 261 g/mol. The largest absolute Gasteiger partial charge is 0.398 e. The molecule has 0 atom stereocenters. The third-order valence-electron chi connectivity index (χ3n) is 2.66. The minimum atomic E-state index is -0.664. The molecule has 1 aromatic carbocycles. The van der Waals surface area contributed by atoms with E-state index >= 15 is 0 Å². The number of aromatic amines is 3. The van der Waals surface area contributed by atoms with Crippen molar-refractivity contribution in [3.05, 3.63) is 44.9 Å². The van der Waals surface area contributed by atoms with Crippen molar-refractivity contribution in [2.24, 2.45) is 0 Å². The predicted octanol–water partition coefficient (Wildman–Crippen LogP) is 0.328. The van der Waals surface area contributed by atoms with E-state index in [9.17, 15) is 14.0 Å². The van der Waals surface area contributed by atoms with Crippen molar-refractivity contribution in [3.63, 3.8) is 0 Å². The number of benzene rings is 1. The third kappa shape index (κ3) is 1.79. The predicted molar refractivity (Wildman–Crippen MR) is 67.1 cm³/mol. The molecule has 0 spiro atoms. The fourth-order valence-electron chi connectivity index (χ4n) is 1.79. The molecule has 0 aliphatic rings. The van der Waals surface area contributed by atoms with E-state index < -0.39 is 17.1 Å². The van der Waals surface area contributed by atoms with Crippen LogP contribution in [0.2, 0.25) is 0 Å². The number of nitrogens with two attached hydrogens (primary N) is 1. The summed E-state index contributed by atoms with van der Waals surface area (Å²) < 4.78 is 13.2. The highest BCUT2D eigenvalue weighted by molar-refractivity contribution is 5.79. The van der Waals surface area contributed by atoms with Gasteiger partial charge in [0.25, 0.3) is 5.56 Å². The molecule has 0 unspecified atom stereocenters. The third-order valence-corrected chi connectivity index (χ3v) is 2.66. The minimum Gasteiger partial charge on any atom is -0.398 e. The lowest BCUT2D eigenvalue weighted by molar-refractivity contribution is 0.628. The Morgan fingerprint density at radius 3 is 2.74 bits per heavy atom. The van der Waals surface area contributed by atoms with Gasteiger partial charge in [-0.15, -0.1) is 0 Å². The van der Waals surface area contributed by atoms with Gasteiger partial charge in [-0.05, 0) is 18.2 Å². The molecular weight excluding hydrogens is 253 g/mol. The van der Waals surface area contributed by atoms with Crippen molar-refractivity contribution in [1.29, 1.82) is 0 Å². The van der Waals surface area contributed by atoms with E-state index in [1.165, 1.54) is 18.2 Å². The summed E-state index contributed by atoms with van der Waals surface area (Å²) in [7, 11) is 0. The van der Waals surface area contributed by atoms with E-state index in [1.54, 1.807) is 0 Å². The number of nitrogens with one attached hydrogen (secondary N) is 3. The standard InChI is InChI=1S/C11H8FN5O2/c12-4-1-2-6(13)5(3-4)8-14-7-9(15-8)16-11(19)17-10(7)18/h1-3H,13H2,(H3,14,15,16,17,18,19). The first-order chi connectivity index (χ1) is 9.04. The Morgan fingerprint density at radius 1 is 1.16 bits per heavy atom.